The van der Waals surface area contributed by atoms with E-state index in [-0.39, 0.29) is 11.3 Å². The lowest BCUT2D eigenvalue weighted by Gasteiger charge is -1.97. The van der Waals surface area contributed by atoms with Gasteiger partial charge in [0.05, 0.1) is 21.6 Å². The Morgan fingerprint density at radius 2 is 1.88 bits per heavy atom. The van der Waals surface area contributed by atoms with Gasteiger partial charge in [-0.15, -0.1) is 11.3 Å². The first-order valence-corrected chi connectivity index (χ1v) is 8.10. The number of nitro benzene ring substituents is 1. The normalized spacial score (nSPS) is 10.9. The van der Waals surface area contributed by atoms with E-state index in [1.165, 1.54) is 41.8 Å². The molecule has 1 amide bonds. The highest BCUT2D eigenvalue weighted by Gasteiger charge is 2.12. The highest BCUT2D eigenvalue weighted by Crippen LogP contribution is 2.28. The Bertz CT molecular complexity index is 1040. The fraction of sp³-hybridized carbons (Fsp3) is 0. The van der Waals surface area contributed by atoms with Crippen LogP contribution in [0.3, 0.4) is 0 Å². The van der Waals surface area contributed by atoms with Crippen molar-refractivity contribution in [2.45, 2.75) is 0 Å². The summed E-state index contributed by atoms with van der Waals surface area (Å²) in [6.07, 6.45) is 1.39. The molecule has 2 N–H and O–H groups in total. The van der Waals surface area contributed by atoms with Crippen LogP contribution in [0.1, 0.15) is 25.6 Å². The molecule has 0 saturated heterocycles. The molecule has 3 aromatic rings. The van der Waals surface area contributed by atoms with E-state index in [1.807, 2.05) is 0 Å². The zero-order chi connectivity index (χ0) is 18.7. The number of hydrazone groups is 1. The van der Waals surface area contributed by atoms with Crippen LogP contribution in [-0.2, 0) is 0 Å². The smallest absolute Gasteiger partial charge is 0.335 e. The Morgan fingerprint density at radius 3 is 2.54 bits per heavy atom. The van der Waals surface area contributed by atoms with E-state index in [9.17, 15) is 19.7 Å². The molecule has 2 aromatic carbocycles. The number of aromatic carboxylic acids is 1. The summed E-state index contributed by atoms with van der Waals surface area (Å²) in [6, 6.07) is 12.0. The molecule has 0 aliphatic carbocycles. The van der Waals surface area contributed by atoms with Crippen molar-refractivity contribution in [3.8, 4) is 0 Å². The van der Waals surface area contributed by atoms with Gasteiger partial charge in [-0.3, -0.25) is 14.9 Å². The SMILES string of the molecule is O=C(O)c1ccc(/C=N\NC(=O)c2cc3cc([N+](=O)[O-])ccc3s2)cc1. The minimum absolute atomic E-state index is 0.0370. The molecule has 0 atom stereocenters. The number of benzene rings is 2. The summed E-state index contributed by atoms with van der Waals surface area (Å²) in [6.45, 7) is 0. The summed E-state index contributed by atoms with van der Waals surface area (Å²) in [7, 11) is 0. The zero-order valence-corrected chi connectivity index (χ0v) is 13.9. The fourth-order valence-electron chi connectivity index (χ4n) is 2.19. The molecule has 1 aromatic heterocycles. The third-order valence-electron chi connectivity index (χ3n) is 3.47. The van der Waals surface area contributed by atoms with Gasteiger partial charge in [-0.1, -0.05) is 12.1 Å². The number of carbonyl (C=O) groups is 2. The van der Waals surface area contributed by atoms with Crippen molar-refractivity contribution in [3.63, 3.8) is 0 Å². The van der Waals surface area contributed by atoms with Crippen molar-refractivity contribution in [2.75, 3.05) is 0 Å². The van der Waals surface area contributed by atoms with Crippen LogP contribution in [-0.4, -0.2) is 28.1 Å². The number of amides is 1. The maximum atomic E-state index is 12.1. The monoisotopic (exact) mass is 369 g/mol. The van der Waals surface area contributed by atoms with Crippen LogP contribution in [0.2, 0.25) is 0 Å². The van der Waals surface area contributed by atoms with Gasteiger partial charge in [0, 0.05) is 22.2 Å². The summed E-state index contributed by atoms with van der Waals surface area (Å²) in [4.78, 5) is 33.6. The minimum Gasteiger partial charge on any atom is -0.478 e. The molecule has 0 unspecified atom stereocenters. The number of carboxylic acids is 1. The third-order valence-corrected chi connectivity index (χ3v) is 4.59. The highest BCUT2D eigenvalue weighted by molar-refractivity contribution is 7.20. The van der Waals surface area contributed by atoms with Crippen molar-refractivity contribution >= 4 is 45.2 Å². The first-order valence-electron chi connectivity index (χ1n) is 7.29. The van der Waals surface area contributed by atoms with Gasteiger partial charge >= 0.3 is 5.97 Å². The first kappa shape index (κ1) is 17.2. The Balaban J connectivity index is 1.70. The number of carboxylic acid groups (broad SMARTS) is 1. The molecule has 0 fully saturated rings. The van der Waals surface area contributed by atoms with E-state index in [0.29, 0.717) is 15.8 Å². The number of rotatable bonds is 5. The van der Waals surface area contributed by atoms with Crippen LogP contribution >= 0.6 is 11.3 Å². The number of carbonyl (C=O) groups excluding carboxylic acids is 1. The van der Waals surface area contributed by atoms with Crippen LogP contribution in [0.15, 0.2) is 53.6 Å². The molecule has 0 radical (unpaired) electrons. The third kappa shape index (κ3) is 3.73. The summed E-state index contributed by atoms with van der Waals surface area (Å²) in [5.41, 5.74) is 3.12. The molecule has 0 spiro atoms. The Labute approximate surface area is 150 Å². The number of fused-ring (bicyclic) bond motifs is 1. The number of hydrogen-bond acceptors (Lipinski definition) is 6. The van der Waals surface area contributed by atoms with Crippen LogP contribution in [0.5, 0.6) is 0 Å². The average molecular weight is 369 g/mol. The lowest BCUT2D eigenvalue weighted by molar-refractivity contribution is -0.384. The lowest BCUT2D eigenvalue weighted by atomic mass is 10.1. The number of thiophene rings is 1. The lowest BCUT2D eigenvalue weighted by Crippen LogP contribution is -2.16. The van der Waals surface area contributed by atoms with Gasteiger partial charge in [0.25, 0.3) is 11.6 Å². The van der Waals surface area contributed by atoms with Crippen molar-refractivity contribution < 1.29 is 19.6 Å². The van der Waals surface area contributed by atoms with E-state index >= 15 is 0 Å². The highest BCUT2D eigenvalue weighted by atomic mass is 32.1. The van der Waals surface area contributed by atoms with E-state index in [4.69, 9.17) is 5.11 Å². The molecule has 26 heavy (non-hydrogen) atoms. The van der Waals surface area contributed by atoms with Crippen LogP contribution in [0.25, 0.3) is 10.1 Å². The molecule has 3 rings (SSSR count). The number of hydrogen-bond donors (Lipinski definition) is 2. The largest absolute Gasteiger partial charge is 0.478 e. The molecular weight excluding hydrogens is 358 g/mol. The summed E-state index contributed by atoms with van der Waals surface area (Å²) in [5.74, 6) is -1.46. The predicted molar refractivity (Wildman–Crippen MR) is 96.9 cm³/mol. The second kappa shape index (κ2) is 7.11. The second-order valence-corrected chi connectivity index (χ2v) is 6.30. The molecule has 0 aliphatic rings. The van der Waals surface area contributed by atoms with Crippen molar-refractivity contribution in [1.29, 1.82) is 0 Å². The van der Waals surface area contributed by atoms with Gasteiger partial charge in [-0.25, -0.2) is 10.2 Å². The molecular formula is C17H11N3O5S. The Hall–Kier alpha value is -3.59. The molecule has 0 bridgehead atoms. The van der Waals surface area contributed by atoms with Crippen LogP contribution in [0, 0.1) is 10.1 Å². The fourth-order valence-corrected chi connectivity index (χ4v) is 3.12. The maximum Gasteiger partial charge on any atom is 0.335 e. The number of nitrogens with one attached hydrogen (secondary N) is 1. The standard InChI is InChI=1S/C17H11N3O5S/c21-16(19-18-9-10-1-3-11(4-2-10)17(22)23)15-8-12-7-13(20(24)25)5-6-14(12)26-15/h1-9H,(H,19,21)(H,22,23)/b18-9-. The number of non-ortho nitro benzene ring substituents is 1. The Morgan fingerprint density at radius 1 is 1.15 bits per heavy atom. The molecule has 130 valence electrons. The second-order valence-electron chi connectivity index (χ2n) is 5.22. The first-order chi connectivity index (χ1) is 12.4. The molecule has 0 saturated carbocycles. The summed E-state index contributed by atoms with van der Waals surface area (Å²) < 4.78 is 0.758. The van der Waals surface area contributed by atoms with Crippen LogP contribution in [0.4, 0.5) is 5.69 Å². The minimum atomic E-state index is -1.02. The van der Waals surface area contributed by atoms with E-state index < -0.39 is 16.8 Å². The van der Waals surface area contributed by atoms with Crippen molar-refractivity contribution in [2.24, 2.45) is 5.10 Å². The van der Waals surface area contributed by atoms with Crippen LogP contribution < -0.4 is 5.43 Å². The average Bonchev–Trinajstić information content (AvgIpc) is 3.05. The van der Waals surface area contributed by atoms with Gasteiger partial charge in [-0.2, -0.15) is 5.10 Å². The molecule has 1 heterocycles. The number of nitrogens with zero attached hydrogens (tertiary/aromatic N) is 2. The quantitative estimate of drug-likeness (QED) is 0.406. The maximum absolute atomic E-state index is 12.1. The van der Waals surface area contributed by atoms with E-state index in [2.05, 4.69) is 10.5 Å². The molecule has 8 nitrogen and oxygen atoms in total. The number of nitro groups is 1. The topological polar surface area (TPSA) is 122 Å². The van der Waals surface area contributed by atoms with Gasteiger partial charge in [0.15, 0.2) is 0 Å². The van der Waals surface area contributed by atoms with Gasteiger partial charge in [-0.05, 0) is 29.8 Å². The Kier molecular flexibility index (Phi) is 4.72. The summed E-state index contributed by atoms with van der Waals surface area (Å²) >= 11 is 1.20. The van der Waals surface area contributed by atoms with Crippen molar-refractivity contribution in [1.82, 2.24) is 5.43 Å². The van der Waals surface area contributed by atoms with Gasteiger partial charge in [0.2, 0.25) is 0 Å². The summed E-state index contributed by atoms with van der Waals surface area (Å²) in [5, 5.41) is 24.1. The molecule has 0 aliphatic heterocycles. The predicted octanol–water partition coefficient (Wildman–Crippen LogP) is 3.27. The van der Waals surface area contributed by atoms with Crippen molar-refractivity contribution in [3.05, 3.63) is 74.6 Å². The van der Waals surface area contributed by atoms with E-state index in [1.54, 1.807) is 24.3 Å². The van der Waals surface area contributed by atoms with E-state index in [0.717, 1.165) is 4.70 Å². The van der Waals surface area contributed by atoms with Gasteiger partial charge < -0.3 is 5.11 Å². The molecule has 9 heteroatoms. The zero-order valence-electron chi connectivity index (χ0n) is 13.1. The van der Waals surface area contributed by atoms with Gasteiger partial charge in [0.1, 0.15) is 0 Å².